The molecule has 2 atom stereocenters. The zero-order valence-corrected chi connectivity index (χ0v) is 11.0. The predicted octanol–water partition coefficient (Wildman–Crippen LogP) is 2.66. The molecule has 18 heavy (non-hydrogen) atoms. The van der Waals surface area contributed by atoms with Crippen molar-refractivity contribution in [1.29, 1.82) is 0 Å². The number of nitrogens with zero attached hydrogens (tertiary/aromatic N) is 1. The Kier molecular flexibility index (Phi) is 3.67. The fourth-order valence-electron chi connectivity index (χ4n) is 3.36. The molecule has 0 aromatic carbocycles. The highest BCUT2D eigenvalue weighted by atomic mass is 16.3. The lowest BCUT2D eigenvalue weighted by atomic mass is 9.81. The maximum absolute atomic E-state index is 9.41. The van der Waals surface area contributed by atoms with Crippen molar-refractivity contribution in [2.45, 2.75) is 44.2 Å². The smallest absolute Gasteiger partial charge is 0.0909 e. The molecule has 0 bridgehead atoms. The van der Waals surface area contributed by atoms with Gasteiger partial charge in [0.25, 0.3) is 0 Å². The summed E-state index contributed by atoms with van der Waals surface area (Å²) in [7, 11) is 0. The summed E-state index contributed by atoms with van der Waals surface area (Å²) in [6, 6.07) is 0.772. The van der Waals surface area contributed by atoms with Crippen LogP contribution in [0.2, 0.25) is 0 Å². The van der Waals surface area contributed by atoms with E-state index in [1.54, 1.807) is 0 Å². The molecule has 0 aromatic rings. The summed E-state index contributed by atoms with van der Waals surface area (Å²) in [5.74, 6) is 0.707. The molecule has 0 aromatic heterocycles. The highest BCUT2D eigenvalue weighted by Gasteiger charge is 2.31. The van der Waals surface area contributed by atoms with E-state index in [0.29, 0.717) is 5.92 Å². The predicted molar refractivity (Wildman–Crippen MR) is 74.3 cm³/mol. The van der Waals surface area contributed by atoms with Crippen LogP contribution in [0.4, 0.5) is 0 Å². The molecule has 1 heterocycles. The summed E-state index contributed by atoms with van der Waals surface area (Å²) >= 11 is 0. The molecule has 0 amide bonds. The van der Waals surface area contributed by atoms with Crippen LogP contribution in [0, 0.1) is 5.92 Å². The molecule has 1 saturated carbocycles. The fraction of sp³-hybridized carbons (Fsp3) is 0.625. The van der Waals surface area contributed by atoms with Gasteiger partial charge < -0.3 is 5.11 Å². The molecule has 98 valence electrons. The Labute approximate surface area is 110 Å². The quantitative estimate of drug-likeness (QED) is 0.808. The first-order chi connectivity index (χ1) is 8.83. The molecule has 0 spiro atoms. The van der Waals surface area contributed by atoms with Gasteiger partial charge in [0.15, 0.2) is 0 Å². The zero-order chi connectivity index (χ0) is 12.4. The van der Waals surface area contributed by atoms with E-state index in [1.807, 2.05) is 12.2 Å². The second kappa shape index (κ2) is 5.41. The van der Waals surface area contributed by atoms with Gasteiger partial charge in [0.1, 0.15) is 0 Å². The Balaban J connectivity index is 1.70. The maximum Gasteiger partial charge on any atom is 0.0909 e. The molecule has 2 unspecified atom stereocenters. The van der Waals surface area contributed by atoms with Crippen molar-refractivity contribution in [2.24, 2.45) is 5.92 Å². The van der Waals surface area contributed by atoms with Crippen LogP contribution in [0.15, 0.2) is 36.0 Å². The topological polar surface area (TPSA) is 23.5 Å². The summed E-state index contributed by atoms with van der Waals surface area (Å²) in [5, 5.41) is 9.41. The molecule has 3 rings (SSSR count). The summed E-state index contributed by atoms with van der Waals surface area (Å²) in [5.41, 5.74) is 1.28. The van der Waals surface area contributed by atoms with Crippen LogP contribution in [0.1, 0.15) is 32.1 Å². The lowest BCUT2D eigenvalue weighted by molar-refractivity contribution is 0.0669. The van der Waals surface area contributed by atoms with E-state index in [9.17, 15) is 5.11 Å². The molecule has 2 nitrogen and oxygen atoms in total. The Morgan fingerprint density at radius 2 is 1.78 bits per heavy atom. The van der Waals surface area contributed by atoms with E-state index in [4.69, 9.17) is 0 Å². The molecule has 3 aliphatic rings. The van der Waals surface area contributed by atoms with E-state index in [-0.39, 0.29) is 6.10 Å². The standard InChI is InChI=1S/C16H23NO/c18-15-8-6-13(7-9-15)12-14-4-1-2-5-16(14)17-10-3-11-17/h6-9,12,14-16,18H,1-5,10-11H2. The Morgan fingerprint density at radius 3 is 2.44 bits per heavy atom. The van der Waals surface area contributed by atoms with Gasteiger partial charge in [0.05, 0.1) is 6.10 Å². The number of likely N-dealkylation sites (tertiary alicyclic amines) is 1. The van der Waals surface area contributed by atoms with Gasteiger partial charge in [-0.3, -0.25) is 4.90 Å². The van der Waals surface area contributed by atoms with Crippen LogP contribution in [0.5, 0.6) is 0 Å². The minimum Gasteiger partial charge on any atom is -0.385 e. The number of hydrogen-bond acceptors (Lipinski definition) is 2. The average molecular weight is 245 g/mol. The van der Waals surface area contributed by atoms with E-state index in [2.05, 4.69) is 23.1 Å². The lowest BCUT2D eigenvalue weighted by Crippen LogP contribution is -2.49. The first-order valence-electron chi connectivity index (χ1n) is 7.33. The molecule has 1 saturated heterocycles. The van der Waals surface area contributed by atoms with E-state index >= 15 is 0 Å². The summed E-state index contributed by atoms with van der Waals surface area (Å²) in [4.78, 5) is 2.66. The minimum absolute atomic E-state index is 0.389. The number of aliphatic hydroxyl groups excluding tert-OH is 1. The van der Waals surface area contributed by atoms with Gasteiger partial charge in [-0.1, -0.05) is 43.2 Å². The summed E-state index contributed by atoms with van der Waals surface area (Å²) in [6.07, 6.45) is 16.7. The van der Waals surface area contributed by atoms with Crippen molar-refractivity contribution in [1.82, 2.24) is 4.90 Å². The van der Waals surface area contributed by atoms with Gasteiger partial charge in [0, 0.05) is 6.04 Å². The van der Waals surface area contributed by atoms with E-state index < -0.39 is 0 Å². The fourth-order valence-corrected chi connectivity index (χ4v) is 3.36. The minimum atomic E-state index is -0.389. The number of hydrogen-bond donors (Lipinski definition) is 1. The first kappa shape index (κ1) is 12.2. The monoisotopic (exact) mass is 245 g/mol. The van der Waals surface area contributed by atoms with Crippen LogP contribution < -0.4 is 0 Å². The molecule has 2 aliphatic carbocycles. The SMILES string of the molecule is OC1C=CC(=CC2CCCCC2N2CCC2)C=C1. The van der Waals surface area contributed by atoms with Gasteiger partial charge >= 0.3 is 0 Å². The normalized spacial score (nSPS) is 36.5. The lowest BCUT2D eigenvalue weighted by Gasteiger charge is -2.44. The maximum atomic E-state index is 9.41. The summed E-state index contributed by atoms with van der Waals surface area (Å²) < 4.78 is 0. The second-order valence-electron chi connectivity index (χ2n) is 5.78. The molecule has 2 fully saturated rings. The Morgan fingerprint density at radius 1 is 1.06 bits per heavy atom. The zero-order valence-electron chi connectivity index (χ0n) is 11.0. The van der Waals surface area contributed by atoms with Crippen LogP contribution >= 0.6 is 0 Å². The molecule has 1 aliphatic heterocycles. The number of rotatable bonds is 2. The van der Waals surface area contributed by atoms with Crippen molar-refractivity contribution in [3.63, 3.8) is 0 Å². The van der Waals surface area contributed by atoms with Gasteiger partial charge in [-0.05, 0) is 43.8 Å². The molecule has 2 heteroatoms. The van der Waals surface area contributed by atoms with Crippen molar-refractivity contribution in [2.75, 3.05) is 13.1 Å². The van der Waals surface area contributed by atoms with Crippen molar-refractivity contribution in [3.8, 4) is 0 Å². The van der Waals surface area contributed by atoms with E-state index in [1.165, 1.54) is 50.8 Å². The second-order valence-corrected chi connectivity index (χ2v) is 5.78. The van der Waals surface area contributed by atoms with Crippen LogP contribution in [0.3, 0.4) is 0 Å². The third-order valence-electron chi connectivity index (χ3n) is 4.52. The van der Waals surface area contributed by atoms with Crippen LogP contribution in [0.25, 0.3) is 0 Å². The largest absolute Gasteiger partial charge is 0.385 e. The molecular weight excluding hydrogens is 222 g/mol. The summed E-state index contributed by atoms with van der Waals surface area (Å²) in [6.45, 7) is 2.60. The van der Waals surface area contributed by atoms with Crippen molar-refractivity contribution in [3.05, 3.63) is 36.0 Å². The Bertz CT molecular complexity index is 363. The number of allylic oxidation sites excluding steroid dienone is 3. The van der Waals surface area contributed by atoms with Crippen LogP contribution in [-0.4, -0.2) is 35.2 Å². The number of aliphatic hydroxyl groups is 1. The van der Waals surface area contributed by atoms with Crippen molar-refractivity contribution >= 4 is 0 Å². The van der Waals surface area contributed by atoms with Gasteiger partial charge in [-0.25, -0.2) is 0 Å². The Hall–Kier alpha value is -0.860. The molecule has 1 N–H and O–H groups in total. The highest BCUT2D eigenvalue weighted by Crippen LogP contribution is 2.33. The highest BCUT2D eigenvalue weighted by molar-refractivity contribution is 5.37. The first-order valence-corrected chi connectivity index (χ1v) is 7.33. The van der Waals surface area contributed by atoms with E-state index in [0.717, 1.165) is 6.04 Å². The average Bonchev–Trinajstić information content (AvgIpc) is 2.32. The van der Waals surface area contributed by atoms with Crippen LogP contribution in [-0.2, 0) is 0 Å². The molecular formula is C16H23NO. The third-order valence-corrected chi connectivity index (χ3v) is 4.52. The third kappa shape index (κ3) is 2.60. The van der Waals surface area contributed by atoms with Gasteiger partial charge in [-0.2, -0.15) is 0 Å². The molecule has 0 radical (unpaired) electrons. The van der Waals surface area contributed by atoms with Gasteiger partial charge in [0.2, 0.25) is 0 Å². The van der Waals surface area contributed by atoms with Crippen molar-refractivity contribution < 1.29 is 5.11 Å². The van der Waals surface area contributed by atoms with Gasteiger partial charge in [-0.15, -0.1) is 0 Å².